The number of ether oxygens (including phenoxy) is 1. The van der Waals surface area contributed by atoms with Crippen LogP contribution in [-0.2, 0) is 0 Å². The van der Waals surface area contributed by atoms with Gasteiger partial charge in [-0.25, -0.2) is 0 Å². The van der Waals surface area contributed by atoms with E-state index in [1.807, 2.05) is 36.0 Å². The number of nitrogens with two attached hydrogens (primary N) is 1. The molecule has 0 spiro atoms. The number of thioether (sulfide) groups is 1. The molecule has 1 aliphatic rings. The summed E-state index contributed by atoms with van der Waals surface area (Å²) in [5.74, 6) is 3.95. The van der Waals surface area contributed by atoms with Gasteiger partial charge in [-0.05, 0) is 48.1 Å². The highest BCUT2D eigenvalue weighted by Crippen LogP contribution is 2.26. The average molecular weight is 302 g/mol. The van der Waals surface area contributed by atoms with Gasteiger partial charge in [0.15, 0.2) is 0 Å². The molecule has 2 unspecified atom stereocenters. The number of halogens is 1. The van der Waals surface area contributed by atoms with E-state index in [9.17, 15) is 0 Å². The van der Waals surface area contributed by atoms with Crippen molar-refractivity contribution in [3.05, 3.63) is 28.7 Å². The molecule has 1 saturated heterocycles. The molecule has 0 radical (unpaired) electrons. The minimum absolute atomic E-state index is 0.165. The first kappa shape index (κ1) is 12.3. The molecule has 1 aromatic carbocycles. The van der Waals surface area contributed by atoms with Gasteiger partial charge in [0, 0.05) is 10.5 Å². The molecule has 2 nitrogen and oxygen atoms in total. The molecule has 0 bridgehead atoms. The van der Waals surface area contributed by atoms with E-state index in [0.717, 1.165) is 10.2 Å². The Morgan fingerprint density at radius 2 is 2.19 bits per heavy atom. The molecule has 4 heteroatoms. The van der Waals surface area contributed by atoms with Crippen molar-refractivity contribution in [3.63, 3.8) is 0 Å². The van der Waals surface area contributed by atoms with E-state index in [-0.39, 0.29) is 6.04 Å². The molecule has 0 amide bonds. The maximum absolute atomic E-state index is 6.11. The first-order valence-electron chi connectivity index (χ1n) is 5.47. The first-order chi connectivity index (χ1) is 7.75. The van der Waals surface area contributed by atoms with Crippen molar-refractivity contribution in [2.45, 2.75) is 12.5 Å². The van der Waals surface area contributed by atoms with Crippen molar-refractivity contribution in [2.75, 3.05) is 18.1 Å². The lowest BCUT2D eigenvalue weighted by molar-refractivity contribution is 0.255. The number of hydrogen-bond acceptors (Lipinski definition) is 3. The number of hydrogen-bond donors (Lipinski definition) is 1. The average Bonchev–Trinajstić information content (AvgIpc) is 2.81. The van der Waals surface area contributed by atoms with Crippen molar-refractivity contribution in [1.82, 2.24) is 0 Å². The van der Waals surface area contributed by atoms with Gasteiger partial charge in [0.1, 0.15) is 12.4 Å². The SMILES string of the molecule is NC(COc1ccc(Br)cc1)C1CCSC1. The predicted molar refractivity (Wildman–Crippen MR) is 73.0 cm³/mol. The Morgan fingerprint density at radius 1 is 1.44 bits per heavy atom. The molecule has 16 heavy (non-hydrogen) atoms. The monoisotopic (exact) mass is 301 g/mol. The van der Waals surface area contributed by atoms with Crippen LogP contribution in [0.3, 0.4) is 0 Å². The Bertz CT molecular complexity index is 324. The molecular formula is C12H16BrNOS. The molecule has 1 fully saturated rings. The highest BCUT2D eigenvalue weighted by molar-refractivity contribution is 9.10. The van der Waals surface area contributed by atoms with E-state index in [1.54, 1.807) is 0 Å². The second-order valence-corrected chi connectivity index (χ2v) is 6.12. The molecule has 2 rings (SSSR count). The largest absolute Gasteiger partial charge is 0.492 e. The summed E-state index contributed by atoms with van der Waals surface area (Å²) in [6.07, 6.45) is 1.23. The molecule has 1 heterocycles. The molecule has 88 valence electrons. The Balaban J connectivity index is 1.80. The first-order valence-corrected chi connectivity index (χ1v) is 7.42. The molecular weight excluding hydrogens is 286 g/mol. The summed E-state index contributed by atoms with van der Waals surface area (Å²) in [7, 11) is 0. The van der Waals surface area contributed by atoms with Crippen LogP contribution in [0.2, 0.25) is 0 Å². The fourth-order valence-corrected chi connectivity index (χ4v) is 3.37. The Kier molecular flexibility index (Phi) is 4.55. The quantitative estimate of drug-likeness (QED) is 0.929. The third-order valence-electron chi connectivity index (χ3n) is 2.83. The second kappa shape index (κ2) is 5.94. The highest BCUT2D eigenvalue weighted by Gasteiger charge is 2.22. The summed E-state index contributed by atoms with van der Waals surface area (Å²) < 4.78 is 6.75. The molecule has 1 aliphatic heterocycles. The van der Waals surface area contributed by atoms with Crippen LogP contribution in [-0.4, -0.2) is 24.2 Å². The van der Waals surface area contributed by atoms with Crippen LogP contribution in [0.5, 0.6) is 5.75 Å². The molecule has 2 atom stereocenters. The van der Waals surface area contributed by atoms with Crippen molar-refractivity contribution in [2.24, 2.45) is 11.7 Å². The fraction of sp³-hybridized carbons (Fsp3) is 0.500. The van der Waals surface area contributed by atoms with E-state index in [1.165, 1.54) is 17.9 Å². The second-order valence-electron chi connectivity index (χ2n) is 4.05. The van der Waals surface area contributed by atoms with E-state index in [4.69, 9.17) is 10.5 Å². The number of rotatable bonds is 4. The van der Waals surface area contributed by atoms with E-state index >= 15 is 0 Å². The Morgan fingerprint density at radius 3 is 2.81 bits per heavy atom. The standard InChI is InChI=1S/C12H16BrNOS/c13-10-1-3-11(4-2-10)15-7-12(14)9-5-6-16-8-9/h1-4,9,12H,5-8,14H2. The minimum atomic E-state index is 0.165. The minimum Gasteiger partial charge on any atom is -0.492 e. The molecule has 0 aliphatic carbocycles. The van der Waals surface area contributed by atoms with Crippen LogP contribution in [0.4, 0.5) is 0 Å². The van der Waals surface area contributed by atoms with Crippen LogP contribution >= 0.6 is 27.7 Å². The maximum atomic E-state index is 6.11. The smallest absolute Gasteiger partial charge is 0.119 e. The maximum Gasteiger partial charge on any atom is 0.119 e. The van der Waals surface area contributed by atoms with Gasteiger partial charge in [-0.2, -0.15) is 11.8 Å². The summed E-state index contributed by atoms with van der Waals surface area (Å²) in [5.41, 5.74) is 6.11. The highest BCUT2D eigenvalue weighted by atomic mass is 79.9. The molecule has 0 aromatic heterocycles. The summed E-state index contributed by atoms with van der Waals surface area (Å²) in [4.78, 5) is 0. The fourth-order valence-electron chi connectivity index (χ4n) is 1.75. The third kappa shape index (κ3) is 3.40. The van der Waals surface area contributed by atoms with Crippen LogP contribution in [0.25, 0.3) is 0 Å². The lowest BCUT2D eigenvalue weighted by Gasteiger charge is -2.18. The van der Waals surface area contributed by atoms with Gasteiger partial charge in [-0.1, -0.05) is 15.9 Å². The summed E-state index contributed by atoms with van der Waals surface area (Å²) in [6.45, 7) is 0.618. The lowest BCUT2D eigenvalue weighted by atomic mass is 10.0. The zero-order valence-electron chi connectivity index (χ0n) is 9.06. The van der Waals surface area contributed by atoms with Crippen molar-refractivity contribution in [3.8, 4) is 5.75 Å². The lowest BCUT2D eigenvalue weighted by Crippen LogP contribution is -2.35. The van der Waals surface area contributed by atoms with Crippen molar-refractivity contribution >= 4 is 27.7 Å². The predicted octanol–water partition coefficient (Wildman–Crippen LogP) is 2.91. The summed E-state index contributed by atoms with van der Waals surface area (Å²) in [5, 5.41) is 0. The van der Waals surface area contributed by atoms with E-state index < -0.39 is 0 Å². The molecule has 0 saturated carbocycles. The van der Waals surface area contributed by atoms with Crippen LogP contribution in [0, 0.1) is 5.92 Å². The van der Waals surface area contributed by atoms with Gasteiger partial charge < -0.3 is 10.5 Å². The van der Waals surface area contributed by atoms with Gasteiger partial charge in [0.25, 0.3) is 0 Å². The topological polar surface area (TPSA) is 35.2 Å². The van der Waals surface area contributed by atoms with Crippen LogP contribution < -0.4 is 10.5 Å². The van der Waals surface area contributed by atoms with E-state index in [0.29, 0.717) is 12.5 Å². The Hall–Kier alpha value is -0.190. The zero-order valence-corrected chi connectivity index (χ0v) is 11.5. The number of benzene rings is 1. The van der Waals surface area contributed by atoms with Gasteiger partial charge in [0.05, 0.1) is 0 Å². The van der Waals surface area contributed by atoms with Crippen LogP contribution in [0.15, 0.2) is 28.7 Å². The Labute approximate surface area is 109 Å². The summed E-state index contributed by atoms with van der Waals surface area (Å²) >= 11 is 5.39. The van der Waals surface area contributed by atoms with E-state index in [2.05, 4.69) is 15.9 Å². The normalized spacial score (nSPS) is 22.0. The molecule has 2 N–H and O–H groups in total. The zero-order chi connectivity index (χ0) is 11.4. The summed E-state index contributed by atoms with van der Waals surface area (Å²) in [6, 6.07) is 8.04. The molecule has 1 aromatic rings. The van der Waals surface area contributed by atoms with Gasteiger partial charge in [-0.3, -0.25) is 0 Å². The third-order valence-corrected chi connectivity index (χ3v) is 4.54. The van der Waals surface area contributed by atoms with Gasteiger partial charge in [-0.15, -0.1) is 0 Å². The van der Waals surface area contributed by atoms with Crippen molar-refractivity contribution < 1.29 is 4.74 Å². The van der Waals surface area contributed by atoms with Gasteiger partial charge in [0.2, 0.25) is 0 Å². The van der Waals surface area contributed by atoms with Crippen molar-refractivity contribution in [1.29, 1.82) is 0 Å². The van der Waals surface area contributed by atoms with Gasteiger partial charge >= 0.3 is 0 Å². The van der Waals surface area contributed by atoms with Crippen LogP contribution in [0.1, 0.15) is 6.42 Å².